The molecular formula is C15H16ClNO. The Bertz CT molecular complexity index is 566. The molecule has 0 saturated heterocycles. The van der Waals surface area contributed by atoms with Crippen molar-refractivity contribution >= 4 is 17.3 Å². The summed E-state index contributed by atoms with van der Waals surface area (Å²) in [6.07, 6.45) is 0.757. The molecule has 0 aliphatic carbocycles. The van der Waals surface area contributed by atoms with Crippen LogP contribution in [0.2, 0.25) is 5.02 Å². The molecule has 0 saturated carbocycles. The maximum absolute atomic E-state index is 6.18. The first-order valence-electron chi connectivity index (χ1n) is 5.78. The highest BCUT2D eigenvalue weighted by Crippen LogP contribution is 2.27. The Morgan fingerprint density at radius 2 is 1.89 bits per heavy atom. The summed E-state index contributed by atoms with van der Waals surface area (Å²) in [6.45, 7) is 2.01. The highest BCUT2D eigenvalue weighted by atomic mass is 35.5. The Hall–Kier alpha value is -1.67. The molecule has 2 nitrogen and oxygen atoms in total. The van der Waals surface area contributed by atoms with E-state index in [0.717, 1.165) is 39.6 Å². The monoisotopic (exact) mass is 261 g/mol. The largest absolute Gasteiger partial charge is 0.497 e. The third kappa shape index (κ3) is 2.59. The first-order valence-corrected chi connectivity index (χ1v) is 6.16. The van der Waals surface area contributed by atoms with E-state index in [1.807, 2.05) is 43.3 Å². The summed E-state index contributed by atoms with van der Waals surface area (Å²) in [7, 11) is 1.64. The highest BCUT2D eigenvalue weighted by Gasteiger charge is 2.08. The van der Waals surface area contributed by atoms with Crippen LogP contribution in [0.3, 0.4) is 0 Å². The summed E-state index contributed by atoms with van der Waals surface area (Å²) in [5.74, 6) is 0.778. The second-order valence-corrected chi connectivity index (χ2v) is 4.68. The lowest BCUT2D eigenvalue weighted by Gasteiger charge is -2.12. The number of benzene rings is 2. The molecule has 3 heteroatoms. The predicted molar refractivity (Wildman–Crippen MR) is 76.4 cm³/mol. The van der Waals surface area contributed by atoms with Gasteiger partial charge in [-0.05, 0) is 42.2 Å². The van der Waals surface area contributed by atoms with E-state index in [9.17, 15) is 0 Å². The number of ether oxygens (including phenoxy) is 1. The van der Waals surface area contributed by atoms with Gasteiger partial charge in [0.25, 0.3) is 0 Å². The van der Waals surface area contributed by atoms with Crippen LogP contribution in [-0.2, 0) is 6.42 Å². The summed E-state index contributed by atoms with van der Waals surface area (Å²) < 4.78 is 5.25. The summed E-state index contributed by atoms with van der Waals surface area (Å²) in [5.41, 5.74) is 10.0. The van der Waals surface area contributed by atoms with E-state index in [2.05, 4.69) is 0 Å². The van der Waals surface area contributed by atoms with Crippen molar-refractivity contribution < 1.29 is 4.74 Å². The van der Waals surface area contributed by atoms with Crippen LogP contribution in [0.25, 0.3) is 0 Å². The second kappa shape index (κ2) is 5.32. The lowest BCUT2D eigenvalue weighted by Crippen LogP contribution is -1.99. The second-order valence-electron chi connectivity index (χ2n) is 4.27. The fraction of sp³-hybridized carbons (Fsp3) is 0.200. The molecule has 0 bridgehead atoms. The Morgan fingerprint density at radius 3 is 2.56 bits per heavy atom. The molecule has 0 fully saturated rings. The fourth-order valence-electron chi connectivity index (χ4n) is 1.92. The smallest absolute Gasteiger partial charge is 0.121 e. The summed E-state index contributed by atoms with van der Waals surface area (Å²) >= 11 is 6.18. The molecule has 2 N–H and O–H groups in total. The normalized spacial score (nSPS) is 10.4. The van der Waals surface area contributed by atoms with Gasteiger partial charge in [-0.15, -0.1) is 0 Å². The quantitative estimate of drug-likeness (QED) is 0.853. The lowest BCUT2D eigenvalue weighted by atomic mass is 9.99. The molecule has 2 rings (SSSR count). The molecule has 0 aliphatic rings. The van der Waals surface area contributed by atoms with Crippen molar-refractivity contribution in [3.63, 3.8) is 0 Å². The van der Waals surface area contributed by atoms with Gasteiger partial charge in [-0.1, -0.05) is 29.8 Å². The first kappa shape index (κ1) is 12.8. The maximum Gasteiger partial charge on any atom is 0.121 e. The maximum atomic E-state index is 6.18. The van der Waals surface area contributed by atoms with Gasteiger partial charge in [0.15, 0.2) is 0 Å². The van der Waals surface area contributed by atoms with E-state index < -0.39 is 0 Å². The zero-order chi connectivity index (χ0) is 13.1. The molecule has 0 spiro atoms. The van der Waals surface area contributed by atoms with Gasteiger partial charge in [0, 0.05) is 16.8 Å². The molecule has 0 aliphatic heterocycles. The van der Waals surface area contributed by atoms with Gasteiger partial charge in [0.2, 0.25) is 0 Å². The van der Waals surface area contributed by atoms with Crippen LogP contribution in [0.15, 0.2) is 36.4 Å². The first-order chi connectivity index (χ1) is 8.61. The number of nitrogen functional groups attached to an aromatic ring is 1. The van der Waals surface area contributed by atoms with Crippen molar-refractivity contribution in [2.24, 2.45) is 0 Å². The van der Waals surface area contributed by atoms with Crippen molar-refractivity contribution in [2.75, 3.05) is 12.8 Å². The van der Waals surface area contributed by atoms with Crippen molar-refractivity contribution in [2.45, 2.75) is 13.3 Å². The number of hydrogen-bond donors (Lipinski definition) is 1. The van der Waals surface area contributed by atoms with Crippen molar-refractivity contribution in [3.8, 4) is 5.75 Å². The van der Waals surface area contributed by atoms with Crippen LogP contribution in [0.5, 0.6) is 5.75 Å². The third-order valence-corrected chi connectivity index (χ3v) is 3.47. The van der Waals surface area contributed by atoms with E-state index in [1.165, 1.54) is 0 Å². The third-order valence-electron chi connectivity index (χ3n) is 3.10. The molecule has 0 amide bonds. The van der Waals surface area contributed by atoms with Gasteiger partial charge in [0.1, 0.15) is 5.75 Å². The molecule has 94 valence electrons. The van der Waals surface area contributed by atoms with Crippen LogP contribution in [0, 0.1) is 6.92 Å². The Kier molecular flexibility index (Phi) is 3.78. The van der Waals surface area contributed by atoms with Crippen LogP contribution >= 0.6 is 11.6 Å². The Labute approximate surface area is 112 Å². The van der Waals surface area contributed by atoms with Crippen LogP contribution < -0.4 is 10.5 Å². The van der Waals surface area contributed by atoms with Crippen LogP contribution in [-0.4, -0.2) is 7.11 Å². The predicted octanol–water partition coefficient (Wildman–Crippen LogP) is 3.83. The van der Waals surface area contributed by atoms with Gasteiger partial charge in [-0.3, -0.25) is 0 Å². The molecular weight excluding hydrogens is 246 g/mol. The van der Waals surface area contributed by atoms with E-state index in [-0.39, 0.29) is 0 Å². The number of halogens is 1. The molecule has 2 aromatic carbocycles. The molecule has 0 heterocycles. The van der Waals surface area contributed by atoms with E-state index >= 15 is 0 Å². The zero-order valence-electron chi connectivity index (χ0n) is 10.5. The zero-order valence-corrected chi connectivity index (χ0v) is 11.3. The number of methoxy groups -OCH3 is 1. The van der Waals surface area contributed by atoms with Crippen molar-refractivity contribution in [1.29, 1.82) is 0 Å². The van der Waals surface area contributed by atoms with E-state index in [1.54, 1.807) is 7.11 Å². The number of hydrogen-bond acceptors (Lipinski definition) is 2. The van der Waals surface area contributed by atoms with E-state index in [4.69, 9.17) is 22.1 Å². The minimum atomic E-state index is 0.747. The fourth-order valence-corrected chi connectivity index (χ4v) is 2.12. The van der Waals surface area contributed by atoms with Crippen molar-refractivity contribution in [3.05, 3.63) is 58.1 Å². The molecule has 0 aromatic heterocycles. The average molecular weight is 262 g/mol. The van der Waals surface area contributed by atoms with Crippen molar-refractivity contribution in [1.82, 2.24) is 0 Å². The molecule has 0 unspecified atom stereocenters. The van der Waals surface area contributed by atoms with Gasteiger partial charge >= 0.3 is 0 Å². The highest BCUT2D eigenvalue weighted by molar-refractivity contribution is 6.31. The minimum absolute atomic E-state index is 0.747. The minimum Gasteiger partial charge on any atom is -0.497 e. The van der Waals surface area contributed by atoms with Crippen LogP contribution in [0.4, 0.5) is 5.69 Å². The lowest BCUT2D eigenvalue weighted by molar-refractivity contribution is 0.414. The van der Waals surface area contributed by atoms with Gasteiger partial charge in [-0.2, -0.15) is 0 Å². The van der Waals surface area contributed by atoms with Gasteiger partial charge in [-0.25, -0.2) is 0 Å². The van der Waals surface area contributed by atoms with E-state index in [0.29, 0.717) is 0 Å². The molecule has 0 radical (unpaired) electrons. The molecule has 18 heavy (non-hydrogen) atoms. The van der Waals surface area contributed by atoms with Crippen LogP contribution in [0.1, 0.15) is 16.7 Å². The summed E-state index contributed by atoms with van der Waals surface area (Å²) in [4.78, 5) is 0. The number of nitrogens with two attached hydrogens (primary N) is 1. The molecule has 0 atom stereocenters. The molecule has 2 aromatic rings. The average Bonchev–Trinajstić information content (AvgIpc) is 2.37. The van der Waals surface area contributed by atoms with Gasteiger partial charge < -0.3 is 10.5 Å². The number of anilines is 1. The standard InChI is InChI=1S/C15H16ClNO/c1-10-12(8-13(18-2)9-15(10)17)7-11-5-3-4-6-14(11)16/h3-6,8-9H,7,17H2,1-2H3. The Morgan fingerprint density at radius 1 is 1.17 bits per heavy atom. The summed E-state index contributed by atoms with van der Waals surface area (Å²) in [5, 5.41) is 0.776. The topological polar surface area (TPSA) is 35.2 Å². The number of rotatable bonds is 3. The SMILES string of the molecule is COc1cc(N)c(C)c(Cc2ccccc2Cl)c1. The van der Waals surface area contributed by atoms with Gasteiger partial charge in [0.05, 0.1) is 7.11 Å². The Balaban J connectivity index is 2.40. The summed E-state index contributed by atoms with van der Waals surface area (Å²) in [6, 6.07) is 11.7.